The van der Waals surface area contributed by atoms with Gasteiger partial charge in [-0.15, -0.1) is 0 Å². The van der Waals surface area contributed by atoms with Crippen LogP contribution in [-0.4, -0.2) is 8.42 Å². The van der Waals surface area contributed by atoms with Gasteiger partial charge in [0, 0.05) is 11.0 Å². The van der Waals surface area contributed by atoms with E-state index in [1.54, 1.807) is 6.07 Å². The van der Waals surface area contributed by atoms with Crippen LogP contribution in [0, 0.1) is 5.82 Å². The van der Waals surface area contributed by atoms with Gasteiger partial charge < -0.3 is 5.73 Å². The first-order chi connectivity index (χ1) is 9.83. The third kappa shape index (κ3) is 3.74. The summed E-state index contributed by atoms with van der Waals surface area (Å²) in [6, 6.07) is 8.02. The number of sulfonamides is 1. The third-order valence-electron chi connectivity index (χ3n) is 2.71. The highest BCUT2D eigenvalue weighted by Gasteiger charge is 2.19. The van der Waals surface area contributed by atoms with Gasteiger partial charge in [0.1, 0.15) is 5.82 Å². The fourth-order valence-electron chi connectivity index (χ4n) is 1.72. The van der Waals surface area contributed by atoms with E-state index in [9.17, 15) is 12.8 Å². The van der Waals surface area contributed by atoms with Gasteiger partial charge in [-0.25, -0.2) is 12.8 Å². The van der Waals surface area contributed by atoms with Crippen LogP contribution in [0.5, 0.6) is 0 Å². The van der Waals surface area contributed by atoms with Crippen LogP contribution in [-0.2, 0) is 16.6 Å². The summed E-state index contributed by atoms with van der Waals surface area (Å²) in [7, 11) is -3.94. The van der Waals surface area contributed by atoms with E-state index in [2.05, 4.69) is 20.7 Å². The zero-order chi connectivity index (χ0) is 15.6. The van der Waals surface area contributed by atoms with E-state index in [0.717, 1.165) is 6.07 Å². The summed E-state index contributed by atoms with van der Waals surface area (Å²) in [6.07, 6.45) is 0. The molecule has 0 spiro atoms. The molecule has 0 aliphatic heterocycles. The molecule has 0 saturated carbocycles. The van der Waals surface area contributed by atoms with Crippen LogP contribution in [0.25, 0.3) is 0 Å². The van der Waals surface area contributed by atoms with Gasteiger partial charge in [0.25, 0.3) is 10.0 Å². The predicted octanol–water partition coefficient (Wildman–Crippen LogP) is 3.50. The van der Waals surface area contributed by atoms with Crippen molar-refractivity contribution in [3.63, 3.8) is 0 Å². The Morgan fingerprint density at radius 2 is 1.95 bits per heavy atom. The molecule has 0 amide bonds. The summed E-state index contributed by atoms with van der Waals surface area (Å²) in [5, 5.41) is 0.450. The summed E-state index contributed by atoms with van der Waals surface area (Å²) < 4.78 is 40.9. The van der Waals surface area contributed by atoms with Crippen molar-refractivity contribution in [2.45, 2.75) is 11.4 Å². The molecule has 4 nitrogen and oxygen atoms in total. The van der Waals surface area contributed by atoms with Crippen LogP contribution in [0.4, 0.5) is 10.1 Å². The molecule has 2 aromatic rings. The monoisotopic (exact) mass is 392 g/mol. The fourth-order valence-corrected chi connectivity index (χ4v) is 3.52. The van der Waals surface area contributed by atoms with E-state index in [0.29, 0.717) is 20.7 Å². The van der Waals surface area contributed by atoms with Gasteiger partial charge in [0.2, 0.25) is 0 Å². The molecule has 8 heteroatoms. The Labute approximate surface area is 135 Å². The van der Waals surface area contributed by atoms with Crippen LogP contribution in [0.2, 0.25) is 5.02 Å². The standard InChI is InChI=1S/C13H11BrClFN2O2S/c14-11-6-10(3-4-12(11)15)18-21(19,20)13-5-9(16)2-1-8(13)7-17/h1-6,18H,7,17H2. The van der Waals surface area contributed by atoms with E-state index in [4.69, 9.17) is 17.3 Å². The lowest BCUT2D eigenvalue weighted by Crippen LogP contribution is -2.16. The molecule has 0 atom stereocenters. The second-order valence-corrected chi connectivity index (χ2v) is 7.10. The second kappa shape index (κ2) is 6.31. The van der Waals surface area contributed by atoms with Crippen molar-refractivity contribution >= 4 is 43.2 Å². The molecule has 0 aliphatic rings. The normalized spacial score (nSPS) is 11.4. The Bertz CT molecular complexity index is 784. The summed E-state index contributed by atoms with van der Waals surface area (Å²) in [5.74, 6) is -0.648. The average molecular weight is 394 g/mol. The number of hydrogen-bond acceptors (Lipinski definition) is 3. The minimum atomic E-state index is -3.94. The lowest BCUT2D eigenvalue weighted by molar-refractivity contribution is 0.593. The van der Waals surface area contributed by atoms with Crippen molar-refractivity contribution in [1.82, 2.24) is 0 Å². The fraction of sp³-hybridized carbons (Fsp3) is 0.0769. The molecule has 0 bridgehead atoms. The van der Waals surface area contributed by atoms with Gasteiger partial charge in [-0.1, -0.05) is 17.7 Å². The van der Waals surface area contributed by atoms with Crippen molar-refractivity contribution < 1.29 is 12.8 Å². The number of rotatable bonds is 4. The maximum Gasteiger partial charge on any atom is 0.262 e. The highest BCUT2D eigenvalue weighted by molar-refractivity contribution is 9.10. The number of anilines is 1. The first-order valence-electron chi connectivity index (χ1n) is 5.80. The van der Waals surface area contributed by atoms with Gasteiger partial charge in [0.15, 0.2) is 0 Å². The molecule has 0 fully saturated rings. The minimum Gasteiger partial charge on any atom is -0.326 e. The Balaban J connectivity index is 2.42. The van der Waals surface area contributed by atoms with Crippen molar-refractivity contribution in [1.29, 1.82) is 0 Å². The van der Waals surface area contributed by atoms with Gasteiger partial charge in [-0.3, -0.25) is 4.72 Å². The highest BCUT2D eigenvalue weighted by Crippen LogP contribution is 2.27. The lowest BCUT2D eigenvalue weighted by atomic mass is 10.2. The van der Waals surface area contributed by atoms with Crippen molar-refractivity contribution in [2.24, 2.45) is 5.73 Å². The average Bonchev–Trinajstić information content (AvgIpc) is 2.42. The quantitative estimate of drug-likeness (QED) is 0.835. The van der Waals surface area contributed by atoms with E-state index in [1.807, 2.05) is 0 Å². The zero-order valence-electron chi connectivity index (χ0n) is 10.6. The third-order valence-corrected chi connectivity index (χ3v) is 5.39. The molecule has 21 heavy (non-hydrogen) atoms. The van der Waals surface area contributed by atoms with Crippen molar-refractivity contribution in [3.8, 4) is 0 Å². The minimum absolute atomic E-state index is 0.0131. The SMILES string of the molecule is NCc1ccc(F)cc1S(=O)(=O)Nc1ccc(Cl)c(Br)c1. The number of nitrogens with two attached hydrogens (primary N) is 1. The molecular formula is C13H11BrClFN2O2S. The molecule has 0 heterocycles. The molecule has 2 aromatic carbocycles. The van der Waals surface area contributed by atoms with Crippen molar-refractivity contribution in [3.05, 3.63) is 57.3 Å². The summed E-state index contributed by atoms with van der Waals surface area (Å²) >= 11 is 9.05. The number of nitrogens with one attached hydrogen (secondary N) is 1. The van der Waals surface area contributed by atoms with Gasteiger partial charge in [0.05, 0.1) is 15.6 Å². The van der Waals surface area contributed by atoms with E-state index >= 15 is 0 Å². The van der Waals surface area contributed by atoms with E-state index in [1.165, 1.54) is 24.3 Å². The number of halogens is 3. The summed E-state index contributed by atoms with van der Waals surface area (Å²) in [4.78, 5) is -0.184. The first kappa shape index (κ1) is 16.2. The summed E-state index contributed by atoms with van der Waals surface area (Å²) in [6.45, 7) is -0.0131. The molecule has 0 saturated heterocycles. The maximum atomic E-state index is 13.3. The molecule has 0 radical (unpaired) electrons. The van der Waals surface area contributed by atoms with Gasteiger partial charge in [-0.05, 0) is 51.8 Å². The second-order valence-electron chi connectivity index (χ2n) is 4.19. The predicted molar refractivity (Wildman–Crippen MR) is 84.3 cm³/mol. The molecular weight excluding hydrogens is 383 g/mol. The molecule has 0 aliphatic carbocycles. The number of benzene rings is 2. The highest BCUT2D eigenvalue weighted by atomic mass is 79.9. The molecule has 3 N–H and O–H groups in total. The van der Waals surface area contributed by atoms with Crippen LogP contribution >= 0.6 is 27.5 Å². The molecule has 0 aromatic heterocycles. The van der Waals surface area contributed by atoms with Crippen LogP contribution in [0.3, 0.4) is 0 Å². The molecule has 112 valence electrons. The van der Waals surface area contributed by atoms with Crippen LogP contribution in [0.15, 0.2) is 45.8 Å². The van der Waals surface area contributed by atoms with Crippen LogP contribution < -0.4 is 10.5 Å². The Morgan fingerprint density at radius 1 is 1.24 bits per heavy atom. The van der Waals surface area contributed by atoms with E-state index < -0.39 is 15.8 Å². The largest absolute Gasteiger partial charge is 0.326 e. The Hall–Kier alpha value is -1.15. The first-order valence-corrected chi connectivity index (χ1v) is 8.45. The topological polar surface area (TPSA) is 72.2 Å². The van der Waals surface area contributed by atoms with Crippen molar-refractivity contribution in [2.75, 3.05) is 4.72 Å². The Kier molecular flexibility index (Phi) is 4.88. The Morgan fingerprint density at radius 3 is 2.57 bits per heavy atom. The smallest absolute Gasteiger partial charge is 0.262 e. The van der Waals surface area contributed by atoms with Gasteiger partial charge >= 0.3 is 0 Å². The molecule has 2 rings (SSSR count). The lowest BCUT2D eigenvalue weighted by Gasteiger charge is -2.12. The van der Waals surface area contributed by atoms with E-state index in [-0.39, 0.29) is 11.4 Å². The number of hydrogen-bond donors (Lipinski definition) is 2. The molecule has 0 unspecified atom stereocenters. The van der Waals surface area contributed by atoms with Crippen LogP contribution in [0.1, 0.15) is 5.56 Å². The maximum absolute atomic E-state index is 13.3. The van der Waals surface area contributed by atoms with Gasteiger partial charge in [-0.2, -0.15) is 0 Å². The zero-order valence-corrected chi connectivity index (χ0v) is 13.8. The summed E-state index contributed by atoms with van der Waals surface area (Å²) in [5.41, 5.74) is 6.13.